The third kappa shape index (κ3) is 12.1. The molecule has 21 heavy (non-hydrogen) atoms. The van der Waals surface area contributed by atoms with Crippen LogP contribution in [0.1, 0.15) is 6.42 Å². The van der Waals surface area contributed by atoms with Gasteiger partial charge in [-0.3, -0.25) is 0 Å². The molecule has 0 fully saturated rings. The maximum absolute atomic E-state index is 11.4. The van der Waals surface area contributed by atoms with E-state index in [-0.39, 0.29) is 19.6 Å². The second-order valence-corrected chi connectivity index (χ2v) is 6.09. The van der Waals surface area contributed by atoms with Gasteiger partial charge in [0.25, 0.3) is 0 Å². The van der Waals surface area contributed by atoms with Crippen LogP contribution in [0.25, 0.3) is 0 Å². The number of hydrogen-bond acceptors (Lipinski definition) is 6. The average Bonchev–Trinajstić information content (AvgIpc) is 2.48. The summed E-state index contributed by atoms with van der Waals surface area (Å²) >= 11 is 11.6. The van der Waals surface area contributed by atoms with Crippen molar-refractivity contribution in [3.8, 4) is 0 Å². The molecule has 0 aliphatic carbocycles. The second kappa shape index (κ2) is 14.5. The van der Waals surface area contributed by atoms with E-state index in [1.54, 1.807) is 0 Å². The van der Waals surface area contributed by atoms with Gasteiger partial charge in [0.15, 0.2) is 0 Å². The van der Waals surface area contributed by atoms with E-state index >= 15 is 0 Å². The number of ether oxygens (including phenoxy) is 2. The van der Waals surface area contributed by atoms with Crippen LogP contribution in [-0.4, -0.2) is 134 Å². The summed E-state index contributed by atoms with van der Waals surface area (Å²) in [6.45, 7) is 1.77. The van der Waals surface area contributed by atoms with Gasteiger partial charge in [-0.2, -0.15) is 0 Å². The fraction of sp³-hybridized carbons (Fsp3) is 0.818. The SMILES string of the molecule is O=C(CC(=O)OCCN(C[Se])C[Se])OCCN(C[Se])C[Se]. The first-order valence-electron chi connectivity index (χ1n) is 6.15. The van der Waals surface area contributed by atoms with Crippen molar-refractivity contribution >= 4 is 76.0 Å². The van der Waals surface area contributed by atoms with Crippen LogP contribution in [0.5, 0.6) is 0 Å². The number of rotatable bonds is 12. The molecule has 0 spiro atoms. The van der Waals surface area contributed by atoms with Crippen LogP contribution in [0, 0.1) is 0 Å². The predicted molar refractivity (Wildman–Crippen MR) is 82.4 cm³/mol. The normalized spacial score (nSPS) is 11.0. The molecule has 0 aliphatic rings. The van der Waals surface area contributed by atoms with Gasteiger partial charge in [-0.15, -0.1) is 0 Å². The van der Waals surface area contributed by atoms with Crippen LogP contribution in [0.4, 0.5) is 0 Å². The molecule has 0 N–H and O–H groups in total. The van der Waals surface area contributed by atoms with Gasteiger partial charge in [0.05, 0.1) is 0 Å². The summed E-state index contributed by atoms with van der Waals surface area (Å²) in [5.74, 6) is -1.10. The Kier molecular flexibility index (Phi) is 15.2. The van der Waals surface area contributed by atoms with Crippen molar-refractivity contribution in [3.05, 3.63) is 0 Å². The van der Waals surface area contributed by atoms with Crippen molar-refractivity contribution in [2.75, 3.05) is 48.1 Å². The van der Waals surface area contributed by atoms with E-state index in [9.17, 15) is 9.59 Å². The molecule has 6 nitrogen and oxygen atoms in total. The van der Waals surface area contributed by atoms with E-state index < -0.39 is 11.9 Å². The number of esters is 2. The Bertz CT molecular complexity index is 274. The van der Waals surface area contributed by atoms with Crippen molar-refractivity contribution in [1.82, 2.24) is 9.80 Å². The zero-order valence-corrected chi connectivity index (χ0v) is 18.4. The van der Waals surface area contributed by atoms with Gasteiger partial charge in [0.1, 0.15) is 0 Å². The van der Waals surface area contributed by atoms with Crippen LogP contribution >= 0.6 is 0 Å². The molecule has 10 heteroatoms. The first-order valence-corrected chi connectivity index (χ1v) is 11.0. The summed E-state index contributed by atoms with van der Waals surface area (Å²) in [5.41, 5.74) is 3.03. The number of hydrogen-bond donors (Lipinski definition) is 0. The fourth-order valence-electron chi connectivity index (χ4n) is 1.13. The van der Waals surface area contributed by atoms with Gasteiger partial charge in [0.2, 0.25) is 0 Å². The Balaban J connectivity index is 3.72. The molecule has 0 aromatic carbocycles. The summed E-state index contributed by atoms with van der Waals surface area (Å²) in [6, 6.07) is 0. The minimum absolute atomic E-state index is 0.264. The summed E-state index contributed by atoms with van der Waals surface area (Å²) in [7, 11) is 0. The molecule has 0 aliphatic heterocycles. The van der Waals surface area contributed by atoms with E-state index in [1.807, 2.05) is 9.80 Å². The molecule has 0 bridgehead atoms. The fourth-order valence-corrected chi connectivity index (χ4v) is 4.15. The zero-order valence-electron chi connectivity index (χ0n) is 11.5. The van der Waals surface area contributed by atoms with E-state index in [4.69, 9.17) is 9.47 Å². The molecule has 4 radical (unpaired) electrons. The van der Waals surface area contributed by atoms with Crippen LogP contribution in [-0.2, 0) is 19.1 Å². The predicted octanol–water partition coefficient (Wildman–Crippen LogP) is -2.43. The van der Waals surface area contributed by atoms with Crippen LogP contribution in [0.15, 0.2) is 0 Å². The van der Waals surface area contributed by atoms with Crippen LogP contribution in [0.3, 0.4) is 0 Å². The average molecular weight is 558 g/mol. The van der Waals surface area contributed by atoms with Gasteiger partial charge in [-0.25, -0.2) is 0 Å². The van der Waals surface area contributed by atoms with Gasteiger partial charge >= 0.3 is 159 Å². The molecule has 0 aromatic rings. The Morgan fingerprint density at radius 1 is 0.714 bits per heavy atom. The van der Waals surface area contributed by atoms with E-state index in [1.165, 1.54) is 0 Å². The maximum atomic E-state index is 11.4. The van der Waals surface area contributed by atoms with Gasteiger partial charge in [-0.1, -0.05) is 0 Å². The Labute approximate surface area is 158 Å². The number of carbonyl (C=O) groups is 2. The standard InChI is InChI=1S/C11H18N2O4Se4/c14-10(16-3-1-12(6-18)7-19)5-11(15)17-4-2-13(8-20)9-21/h1-9H2. The van der Waals surface area contributed by atoms with Gasteiger partial charge < -0.3 is 0 Å². The monoisotopic (exact) mass is 562 g/mol. The molecular weight excluding hydrogens is 540 g/mol. The quantitative estimate of drug-likeness (QED) is 0.151. The van der Waals surface area contributed by atoms with Crippen LogP contribution in [0.2, 0.25) is 0 Å². The summed E-state index contributed by atoms with van der Waals surface area (Å²) in [6.07, 6.45) is -0.340. The third-order valence-corrected chi connectivity index (χ3v) is 5.42. The molecule has 0 saturated carbocycles. The molecule has 0 unspecified atom stereocenters. The van der Waals surface area contributed by atoms with Crippen molar-refractivity contribution < 1.29 is 19.1 Å². The first kappa shape index (κ1) is 21.9. The number of nitrogens with zero attached hydrogens (tertiary/aromatic N) is 2. The Morgan fingerprint density at radius 2 is 1.05 bits per heavy atom. The summed E-state index contributed by atoms with van der Waals surface area (Å²) in [4.78, 5) is 26.9. The molecule has 0 rings (SSSR count). The second-order valence-electron chi connectivity index (χ2n) is 3.92. The topological polar surface area (TPSA) is 59.1 Å². The zero-order chi connectivity index (χ0) is 16.1. The van der Waals surface area contributed by atoms with E-state index in [0.29, 0.717) is 13.1 Å². The minimum atomic E-state index is -0.551. The van der Waals surface area contributed by atoms with Crippen molar-refractivity contribution in [3.63, 3.8) is 0 Å². The van der Waals surface area contributed by atoms with Crippen molar-refractivity contribution in [2.24, 2.45) is 0 Å². The summed E-state index contributed by atoms with van der Waals surface area (Å²) < 4.78 is 9.97. The molecule has 0 saturated heterocycles. The first-order chi connectivity index (χ1) is 10.1. The molecule has 120 valence electrons. The van der Waals surface area contributed by atoms with Crippen LogP contribution < -0.4 is 0 Å². The van der Waals surface area contributed by atoms with Crippen molar-refractivity contribution in [1.29, 1.82) is 0 Å². The summed E-state index contributed by atoms with van der Waals surface area (Å²) in [5, 5.41) is 0. The number of carbonyl (C=O) groups excluding carboxylic acids is 2. The molecule has 0 atom stereocenters. The van der Waals surface area contributed by atoms with Gasteiger partial charge in [-0.05, 0) is 0 Å². The Morgan fingerprint density at radius 3 is 1.33 bits per heavy atom. The van der Waals surface area contributed by atoms with E-state index in [2.05, 4.69) is 64.1 Å². The molecular formula is C11H18N2O4Se4. The molecule has 0 heterocycles. The molecule has 0 aromatic heterocycles. The van der Waals surface area contributed by atoms with E-state index in [0.717, 1.165) is 21.8 Å². The molecule has 0 amide bonds. The van der Waals surface area contributed by atoms with Crippen molar-refractivity contribution in [2.45, 2.75) is 6.42 Å². The third-order valence-electron chi connectivity index (χ3n) is 2.36. The Hall–Kier alpha value is 0.938. The van der Waals surface area contributed by atoms with Gasteiger partial charge in [0, 0.05) is 0 Å².